The molecule has 2 aliphatic heterocycles. The molecule has 0 unspecified atom stereocenters. The first kappa shape index (κ1) is 25.6. The third-order valence-electron chi connectivity index (χ3n) is 6.52. The first-order valence-electron chi connectivity index (χ1n) is 12.1. The molecule has 0 spiro atoms. The Kier molecular flexibility index (Phi) is 7.68. The largest absolute Gasteiger partial charge is 0.497 e. The van der Waals surface area contributed by atoms with Crippen molar-refractivity contribution in [2.45, 2.75) is 30.7 Å². The van der Waals surface area contributed by atoms with Crippen molar-refractivity contribution < 1.29 is 19.1 Å². The summed E-state index contributed by atoms with van der Waals surface area (Å²) in [5, 5.41) is 6.30. The number of piperidine rings is 1. The van der Waals surface area contributed by atoms with Crippen LogP contribution in [-0.4, -0.2) is 71.8 Å². The maximum atomic E-state index is 12.9. The molecule has 0 aliphatic carbocycles. The van der Waals surface area contributed by atoms with Crippen LogP contribution in [0, 0.1) is 6.92 Å². The molecule has 11 heteroatoms. The molecule has 0 saturated carbocycles. The molecule has 1 aromatic heterocycles. The van der Waals surface area contributed by atoms with Gasteiger partial charge in [0, 0.05) is 36.6 Å². The summed E-state index contributed by atoms with van der Waals surface area (Å²) < 4.78 is 11.2. The second kappa shape index (κ2) is 11.1. The number of ether oxygens (including phenoxy) is 2. The second-order valence-electron chi connectivity index (χ2n) is 9.07. The molecule has 2 aliphatic rings. The molecule has 2 N–H and O–H groups in total. The molecule has 0 radical (unpaired) electrons. The van der Waals surface area contributed by atoms with Gasteiger partial charge in [-0.15, -0.1) is 11.8 Å². The van der Waals surface area contributed by atoms with E-state index in [2.05, 4.69) is 25.5 Å². The highest BCUT2D eigenvalue weighted by molar-refractivity contribution is 8.00. The molecule has 37 heavy (non-hydrogen) atoms. The number of amides is 2. The molecule has 0 atom stereocenters. The molecule has 5 rings (SSSR count). The Labute approximate surface area is 224 Å². The highest BCUT2D eigenvalue weighted by Gasteiger charge is 2.24. The third kappa shape index (κ3) is 5.92. The number of fused-ring (bicyclic) bond motifs is 2. The smallest absolute Gasteiger partial charge is 0.253 e. The lowest BCUT2D eigenvalue weighted by Crippen LogP contribution is -2.45. The van der Waals surface area contributed by atoms with Crippen LogP contribution < -0.4 is 20.1 Å². The lowest BCUT2D eigenvalue weighted by Gasteiger charge is -2.32. The minimum absolute atomic E-state index is 0.0595. The average molecular weight is 542 g/mol. The lowest BCUT2D eigenvalue weighted by atomic mass is 10.0. The van der Waals surface area contributed by atoms with Gasteiger partial charge in [0.25, 0.3) is 5.91 Å². The number of nitrogens with one attached hydrogen (secondary N) is 2. The number of nitrogens with zero attached hydrogens (tertiary/aromatic N) is 3. The number of anilines is 1. The maximum absolute atomic E-state index is 12.9. The monoisotopic (exact) mass is 541 g/mol. The number of benzene rings is 2. The zero-order valence-corrected chi connectivity index (χ0v) is 22.2. The fourth-order valence-electron chi connectivity index (χ4n) is 4.48. The van der Waals surface area contributed by atoms with E-state index in [1.54, 1.807) is 19.2 Å². The van der Waals surface area contributed by atoms with Crippen LogP contribution in [0.2, 0.25) is 5.02 Å². The van der Waals surface area contributed by atoms with Crippen LogP contribution in [0.1, 0.15) is 28.9 Å². The summed E-state index contributed by atoms with van der Waals surface area (Å²) in [5.41, 5.74) is 3.30. The average Bonchev–Trinajstić information content (AvgIpc) is 2.89. The highest BCUT2D eigenvalue weighted by Crippen LogP contribution is 2.35. The van der Waals surface area contributed by atoms with Gasteiger partial charge in [-0.3, -0.25) is 14.5 Å². The predicted molar refractivity (Wildman–Crippen MR) is 144 cm³/mol. The molecule has 0 bridgehead atoms. The van der Waals surface area contributed by atoms with Crippen LogP contribution >= 0.6 is 23.4 Å². The summed E-state index contributed by atoms with van der Waals surface area (Å²) in [5.74, 6) is 1.31. The normalized spacial score (nSPS) is 16.2. The summed E-state index contributed by atoms with van der Waals surface area (Å²) in [7, 11) is 1.62. The fourth-order valence-corrected chi connectivity index (χ4v) is 5.62. The molecular weight excluding hydrogens is 514 g/mol. The van der Waals surface area contributed by atoms with Gasteiger partial charge in [0.05, 0.1) is 40.2 Å². The number of aryl methyl sites for hydroxylation is 1. The molecule has 1 fully saturated rings. The van der Waals surface area contributed by atoms with E-state index in [1.807, 2.05) is 25.1 Å². The molecule has 1 saturated heterocycles. The van der Waals surface area contributed by atoms with Crippen molar-refractivity contribution in [3.8, 4) is 11.6 Å². The topological polar surface area (TPSA) is 106 Å². The lowest BCUT2D eigenvalue weighted by molar-refractivity contribution is -0.113. The van der Waals surface area contributed by atoms with Crippen molar-refractivity contribution >= 4 is 51.9 Å². The third-order valence-corrected chi connectivity index (χ3v) is 7.89. The van der Waals surface area contributed by atoms with E-state index < -0.39 is 0 Å². The van der Waals surface area contributed by atoms with Crippen molar-refractivity contribution in [2.75, 3.05) is 44.4 Å². The van der Waals surface area contributed by atoms with E-state index in [1.165, 1.54) is 11.8 Å². The van der Waals surface area contributed by atoms with Gasteiger partial charge in [0.2, 0.25) is 11.8 Å². The number of hydrogen-bond acceptors (Lipinski definition) is 8. The Balaban J connectivity index is 1.11. The van der Waals surface area contributed by atoms with Crippen LogP contribution in [0.4, 0.5) is 5.69 Å². The van der Waals surface area contributed by atoms with Crippen LogP contribution in [0.5, 0.6) is 11.6 Å². The summed E-state index contributed by atoms with van der Waals surface area (Å²) >= 11 is 7.79. The van der Waals surface area contributed by atoms with Crippen molar-refractivity contribution in [1.82, 2.24) is 20.2 Å². The van der Waals surface area contributed by atoms with Crippen LogP contribution in [0.25, 0.3) is 11.0 Å². The van der Waals surface area contributed by atoms with Gasteiger partial charge in [-0.2, -0.15) is 0 Å². The number of hydrogen-bond donors (Lipinski definition) is 2. The molecule has 3 aromatic rings. The van der Waals surface area contributed by atoms with Gasteiger partial charge in [-0.1, -0.05) is 11.6 Å². The predicted octanol–water partition coefficient (Wildman–Crippen LogP) is 3.92. The number of thioether (sulfide) groups is 1. The zero-order valence-electron chi connectivity index (χ0n) is 20.7. The van der Waals surface area contributed by atoms with E-state index in [-0.39, 0.29) is 17.9 Å². The maximum Gasteiger partial charge on any atom is 0.253 e. The Morgan fingerprint density at radius 2 is 2.03 bits per heavy atom. The van der Waals surface area contributed by atoms with Gasteiger partial charge < -0.3 is 20.1 Å². The first-order valence-corrected chi connectivity index (χ1v) is 13.5. The Bertz CT molecular complexity index is 1350. The number of methoxy groups -OCH3 is 1. The van der Waals surface area contributed by atoms with E-state index >= 15 is 0 Å². The first-order chi connectivity index (χ1) is 17.9. The summed E-state index contributed by atoms with van der Waals surface area (Å²) in [4.78, 5) is 37.0. The van der Waals surface area contributed by atoms with Crippen LogP contribution in [-0.2, 0) is 4.79 Å². The van der Waals surface area contributed by atoms with Crippen molar-refractivity contribution in [1.29, 1.82) is 0 Å². The Morgan fingerprint density at radius 3 is 2.81 bits per heavy atom. The molecule has 9 nitrogen and oxygen atoms in total. The van der Waals surface area contributed by atoms with E-state index in [0.29, 0.717) is 34.5 Å². The summed E-state index contributed by atoms with van der Waals surface area (Å²) in [6.07, 6.45) is 1.66. The van der Waals surface area contributed by atoms with Gasteiger partial charge in [0.1, 0.15) is 18.1 Å². The number of likely N-dealkylation sites (tertiary alicyclic amines) is 1. The molecule has 2 aromatic carbocycles. The van der Waals surface area contributed by atoms with Crippen LogP contribution in [0.15, 0.2) is 35.2 Å². The van der Waals surface area contributed by atoms with Crippen LogP contribution in [0.3, 0.4) is 0 Å². The molecule has 194 valence electrons. The quantitative estimate of drug-likeness (QED) is 0.464. The Hall–Kier alpha value is -3.08. The van der Waals surface area contributed by atoms with E-state index in [4.69, 9.17) is 21.1 Å². The second-order valence-corrected chi connectivity index (χ2v) is 10.5. The fraction of sp³-hybridized carbons (Fsp3) is 0.385. The minimum atomic E-state index is -0.221. The highest BCUT2D eigenvalue weighted by atomic mass is 35.5. The molecule has 3 heterocycles. The van der Waals surface area contributed by atoms with E-state index in [0.717, 1.165) is 59.8 Å². The zero-order chi connectivity index (χ0) is 25.9. The standard InChI is InChI=1S/C26H28ClN5O4S/c1-15-26(31-21-11-17(35-2)3-4-20(21)28-15)36-10-9-32-7-5-16(6-8-32)29-25(34)18-12-22-23(13-19(18)27)37-14-24(33)30-22/h3-4,11-13,16H,5-10,14H2,1-2H3,(H,29,34)(H,30,33). The number of aromatic nitrogens is 2. The molecular formula is C26H28ClN5O4S. The number of halogens is 1. The summed E-state index contributed by atoms with van der Waals surface area (Å²) in [6, 6.07) is 9.07. The van der Waals surface area contributed by atoms with Crippen molar-refractivity contribution in [3.63, 3.8) is 0 Å². The molecule has 2 amide bonds. The number of rotatable bonds is 7. The number of carbonyl (C=O) groups excluding carboxylic acids is 2. The SMILES string of the molecule is COc1ccc2nc(C)c(OCCN3CCC(NC(=O)c4cc5c(cc4Cl)SCC(=O)N5)CC3)nc2c1. The van der Waals surface area contributed by atoms with Gasteiger partial charge in [-0.05, 0) is 44.0 Å². The van der Waals surface area contributed by atoms with Crippen molar-refractivity contribution in [3.05, 3.63) is 46.6 Å². The van der Waals surface area contributed by atoms with Gasteiger partial charge in [0.15, 0.2) is 0 Å². The minimum Gasteiger partial charge on any atom is -0.497 e. The van der Waals surface area contributed by atoms with Gasteiger partial charge in [-0.25, -0.2) is 9.97 Å². The van der Waals surface area contributed by atoms with Crippen molar-refractivity contribution in [2.24, 2.45) is 0 Å². The van der Waals surface area contributed by atoms with E-state index in [9.17, 15) is 9.59 Å². The van der Waals surface area contributed by atoms with Gasteiger partial charge >= 0.3 is 0 Å². The summed E-state index contributed by atoms with van der Waals surface area (Å²) in [6.45, 7) is 4.83. The number of carbonyl (C=O) groups is 2. The Morgan fingerprint density at radius 1 is 1.22 bits per heavy atom.